The van der Waals surface area contributed by atoms with E-state index in [9.17, 15) is 4.79 Å². The molecule has 0 heterocycles. The fourth-order valence-corrected chi connectivity index (χ4v) is 0.335. The van der Waals surface area contributed by atoms with Crippen molar-refractivity contribution >= 4 is 6.09 Å². The molecule has 0 aromatic heterocycles. The molecule has 0 aliphatic rings. The Labute approximate surface area is 60.9 Å². The van der Waals surface area contributed by atoms with E-state index in [1.165, 1.54) is 7.11 Å². The second-order valence-corrected chi connectivity index (χ2v) is 2.07. The summed E-state index contributed by atoms with van der Waals surface area (Å²) in [6.07, 6.45) is 0.504. The predicted molar refractivity (Wildman–Crippen MR) is 38.4 cm³/mol. The van der Waals surface area contributed by atoms with Crippen LogP contribution in [0, 0.1) is 0 Å². The standard InChI is InChI=1S/C6H14N2O2/c1-4-5(2)7-8-6(9)10-3/h5,7H,4H2,1-3H3,(H,8,9). The maximum absolute atomic E-state index is 10.4. The molecule has 0 saturated carbocycles. The summed E-state index contributed by atoms with van der Waals surface area (Å²) in [6, 6.07) is 0.277. The van der Waals surface area contributed by atoms with Gasteiger partial charge in [-0.1, -0.05) is 6.92 Å². The Morgan fingerprint density at radius 3 is 2.70 bits per heavy atom. The van der Waals surface area contributed by atoms with Gasteiger partial charge < -0.3 is 4.74 Å². The molecular weight excluding hydrogens is 132 g/mol. The van der Waals surface area contributed by atoms with Crippen molar-refractivity contribution in [1.82, 2.24) is 10.9 Å². The smallest absolute Gasteiger partial charge is 0.421 e. The minimum absolute atomic E-state index is 0.277. The van der Waals surface area contributed by atoms with Crippen LogP contribution in [0.25, 0.3) is 0 Å². The van der Waals surface area contributed by atoms with Gasteiger partial charge in [0.15, 0.2) is 0 Å². The number of rotatable bonds is 3. The summed E-state index contributed by atoms with van der Waals surface area (Å²) in [4.78, 5) is 10.4. The lowest BCUT2D eigenvalue weighted by molar-refractivity contribution is 0.163. The summed E-state index contributed by atoms with van der Waals surface area (Å²) in [5, 5.41) is 0. The van der Waals surface area contributed by atoms with Gasteiger partial charge in [0.2, 0.25) is 0 Å². The minimum Gasteiger partial charge on any atom is -0.452 e. The fourth-order valence-electron chi connectivity index (χ4n) is 0.335. The number of carbonyl (C=O) groups is 1. The Hall–Kier alpha value is -0.770. The van der Waals surface area contributed by atoms with Gasteiger partial charge in [0.05, 0.1) is 7.11 Å². The zero-order valence-corrected chi connectivity index (χ0v) is 6.60. The highest BCUT2D eigenvalue weighted by Gasteiger charge is 1.99. The highest BCUT2D eigenvalue weighted by molar-refractivity contribution is 5.66. The third-order valence-electron chi connectivity index (χ3n) is 1.22. The van der Waals surface area contributed by atoms with Gasteiger partial charge in [-0.2, -0.15) is 0 Å². The first-order valence-electron chi connectivity index (χ1n) is 3.30. The van der Waals surface area contributed by atoms with Crippen molar-refractivity contribution in [2.75, 3.05) is 7.11 Å². The monoisotopic (exact) mass is 146 g/mol. The van der Waals surface area contributed by atoms with Crippen LogP contribution in [-0.4, -0.2) is 19.2 Å². The highest BCUT2D eigenvalue weighted by Crippen LogP contribution is 1.83. The van der Waals surface area contributed by atoms with Crippen LogP contribution < -0.4 is 10.9 Å². The summed E-state index contributed by atoms with van der Waals surface area (Å²) in [7, 11) is 1.33. The van der Waals surface area contributed by atoms with E-state index in [4.69, 9.17) is 0 Å². The molecule has 1 atom stereocenters. The lowest BCUT2D eigenvalue weighted by Crippen LogP contribution is -2.42. The lowest BCUT2D eigenvalue weighted by Gasteiger charge is -2.10. The van der Waals surface area contributed by atoms with E-state index in [0.29, 0.717) is 0 Å². The third kappa shape index (κ3) is 4.14. The van der Waals surface area contributed by atoms with E-state index in [1.807, 2.05) is 13.8 Å². The first-order valence-corrected chi connectivity index (χ1v) is 3.30. The first-order chi connectivity index (χ1) is 4.70. The maximum atomic E-state index is 10.4. The summed E-state index contributed by atoms with van der Waals surface area (Å²) in [5.74, 6) is 0. The largest absolute Gasteiger partial charge is 0.452 e. The molecule has 1 unspecified atom stereocenters. The molecule has 0 radical (unpaired) electrons. The van der Waals surface area contributed by atoms with Gasteiger partial charge in [0, 0.05) is 6.04 Å². The van der Waals surface area contributed by atoms with Gasteiger partial charge >= 0.3 is 6.09 Å². The predicted octanol–water partition coefficient (Wildman–Crippen LogP) is 0.646. The van der Waals surface area contributed by atoms with Crippen molar-refractivity contribution in [2.24, 2.45) is 0 Å². The van der Waals surface area contributed by atoms with Crippen molar-refractivity contribution in [2.45, 2.75) is 26.3 Å². The molecule has 0 saturated heterocycles. The van der Waals surface area contributed by atoms with Crippen LogP contribution in [0.1, 0.15) is 20.3 Å². The zero-order chi connectivity index (χ0) is 7.98. The lowest BCUT2D eigenvalue weighted by atomic mass is 10.3. The summed E-state index contributed by atoms with van der Waals surface area (Å²) in [5.41, 5.74) is 5.13. The number of hydrogen-bond acceptors (Lipinski definition) is 3. The molecule has 0 aromatic rings. The second-order valence-electron chi connectivity index (χ2n) is 2.07. The van der Waals surface area contributed by atoms with Crippen molar-refractivity contribution in [3.63, 3.8) is 0 Å². The Morgan fingerprint density at radius 1 is 1.70 bits per heavy atom. The number of carbonyl (C=O) groups excluding carboxylic acids is 1. The summed E-state index contributed by atoms with van der Waals surface area (Å²) in [6.45, 7) is 3.99. The van der Waals surface area contributed by atoms with E-state index < -0.39 is 6.09 Å². The average molecular weight is 146 g/mol. The zero-order valence-electron chi connectivity index (χ0n) is 6.60. The molecule has 1 amide bonds. The molecule has 0 bridgehead atoms. The third-order valence-corrected chi connectivity index (χ3v) is 1.22. The van der Waals surface area contributed by atoms with Crippen LogP contribution in [0.2, 0.25) is 0 Å². The molecule has 4 nitrogen and oxygen atoms in total. The van der Waals surface area contributed by atoms with E-state index in [2.05, 4.69) is 15.6 Å². The van der Waals surface area contributed by atoms with Crippen LogP contribution in [0.4, 0.5) is 4.79 Å². The van der Waals surface area contributed by atoms with Gasteiger partial charge in [-0.3, -0.25) is 5.43 Å². The van der Waals surface area contributed by atoms with Gasteiger partial charge in [0.1, 0.15) is 0 Å². The van der Waals surface area contributed by atoms with Crippen molar-refractivity contribution in [3.8, 4) is 0 Å². The average Bonchev–Trinajstić information content (AvgIpc) is 1.99. The topological polar surface area (TPSA) is 50.4 Å². The van der Waals surface area contributed by atoms with Crippen LogP contribution >= 0.6 is 0 Å². The van der Waals surface area contributed by atoms with Crippen LogP contribution in [0.3, 0.4) is 0 Å². The number of ether oxygens (including phenoxy) is 1. The Morgan fingerprint density at radius 2 is 2.30 bits per heavy atom. The molecule has 0 fully saturated rings. The molecule has 2 N–H and O–H groups in total. The van der Waals surface area contributed by atoms with E-state index in [1.54, 1.807) is 0 Å². The van der Waals surface area contributed by atoms with Crippen LogP contribution in [-0.2, 0) is 4.74 Å². The highest BCUT2D eigenvalue weighted by atomic mass is 16.5. The molecule has 0 rings (SSSR count). The van der Waals surface area contributed by atoms with Crippen molar-refractivity contribution < 1.29 is 9.53 Å². The number of nitrogens with one attached hydrogen (secondary N) is 2. The Bertz CT molecular complexity index is 106. The van der Waals surface area contributed by atoms with Crippen molar-refractivity contribution in [1.29, 1.82) is 0 Å². The molecule has 0 spiro atoms. The van der Waals surface area contributed by atoms with Gasteiger partial charge in [-0.15, -0.1) is 0 Å². The van der Waals surface area contributed by atoms with E-state index >= 15 is 0 Å². The van der Waals surface area contributed by atoms with Gasteiger partial charge in [-0.05, 0) is 13.3 Å². The normalized spacial score (nSPS) is 12.3. The van der Waals surface area contributed by atoms with Crippen LogP contribution in [0.15, 0.2) is 0 Å². The molecule has 0 aliphatic heterocycles. The molecular formula is C6H14N2O2. The molecule has 60 valence electrons. The Kier molecular flexibility index (Phi) is 4.66. The summed E-state index contributed by atoms with van der Waals surface area (Å²) >= 11 is 0. The molecule has 0 aliphatic carbocycles. The van der Waals surface area contributed by atoms with Crippen LogP contribution in [0.5, 0.6) is 0 Å². The molecule has 4 heteroatoms. The fraction of sp³-hybridized carbons (Fsp3) is 0.833. The van der Waals surface area contributed by atoms with Gasteiger partial charge in [-0.25, -0.2) is 10.2 Å². The molecule has 10 heavy (non-hydrogen) atoms. The van der Waals surface area contributed by atoms with E-state index in [0.717, 1.165) is 6.42 Å². The van der Waals surface area contributed by atoms with Crippen molar-refractivity contribution in [3.05, 3.63) is 0 Å². The second kappa shape index (κ2) is 5.05. The number of amides is 1. The maximum Gasteiger partial charge on any atom is 0.421 e. The Balaban J connectivity index is 3.26. The number of hydrogen-bond donors (Lipinski definition) is 2. The SMILES string of the molecule is CCC(C)NNC(=O)OC. The minimum atomic E-state index is -0.458. The summed E-state index contributed by atoms with van der Waals surface area (Å²) < 4.78 is 4.33. The van der Waals surface area contributed by atoms with E-state index in [-0.39, 0.29) is 6.04 Å². The quantitative estimate of drug-likeness (QED) is 0.575. The first kappa shape index (κ1) is 9.23. The molecule has 0 aromatic carbocycles. The number of methoxy groups -OCH3 is 1. The number of hydrazine groups is 1. The van der Waals surface area contributed by atoms with Gasteiger partial charge in [0.25, 0.3) is 0 Å².